The van der Waals surface area contributed by atoms with Crippen molar-refractivity contribution in [1.29, 1.82) is 0 Å². The number of fused-ring (bicyclic) bond motifs is 1. The van der Waals surface area contributed by atoms with Gasteiger partial charge in [-0.25, -0.2) is 0 Å². The van der Waals surface area contributed by atoms with Crippen molar-refractivity contribution < 1.29 is 9.53 Å². The lowest BCUT2D eigenvalue weighted by atomic mass is 10.1. The molecule has 2 aromatic heterocycles. The summed E-state index contributed by atoms with van der Waals surface area (Å²) in [7, 11) is 1.69. The van der Waals surface area contributed by atoms with Crippen molar-refractivity contribution in [2.45, 2.75) is 18.9 Å². The van der Waals surface area contributed by atoms with Crippen LogP contribution in [0.1, 0.15) is 22.5 Å². The molecule has 1 fully saturated rings. The van der Waals surface area contributed by atoms with Crippen LogP contribution in [0.3, 0.4) is 0 Å². The minimum atomic E-state index is 0.00505. The number of pyridine rings is 1. The number of nitrogens with zero attached hydrogens (tertiary/aromatic N) is 2. The lowest BCUT2D eigenvalue weighted by Gasteiger charge is -2.31. The number of nitrogens with two attached hydrogens (primary N) is 1. The number of methoxy groups -OCH3 is 1. The van der Waals surface area contributed by atoms with Crippen molar-refractivity contribution in [3.05, 3.63) is 23.3 Å². The highest BCUT2D eigenvalue weighted by molar-refractivity contribution is 7.21. The van der Waals surface area contributed by atoms with E-state index in [0.717, 1.165) is 29.5 Å². The SMILES string of the molecule is COC1CCCN(C(=O)c2sc3cnccc3c2N)C1. The molecule has 1 aliphatic rings. The van der Waals surface area contributed by atoms with Crippen molar-refractivity contribution in [3.63, 3.8) is 0 Å². The fraction of sp³-hybridized carbons (Fsp3) is 0.429. The summed E-state index contributed by atoms with van der Waals surface area (Å²) < 4.78 is 6.32. The number of carbonyl (C=O) groups is 1. The molecule has 1 amide bonds. The third-order valence-corrected chi connectivity index (χ3v) is 4.87. The summed E-state index contributed by atoms with van der Waals surface area (Å²) >= 11 is 1.41. The number of ether oxygens (including phenoxy) is 1. The van der Waals surface area contributed by atoms with Crippen LogP contribution >= 0.6 is 11.3 Å². The summed E-state index contributed by atoms with van der Waals surface area (Å²) in [4.78, 5) is 19.2. The maximum Gasteiger partial charge on any atom is 0.266 e. The first-order valence-corrected chi connectivity index (χ1v) is 7.46. The molecule has 3 heterocycles. The molecular weight excluding hydrogens is 274 g/mol. The Morgan fingerprint density at radius 2 is 2.45 bits per heavy atom. The van der Waals surface area contributed by atoms with Crippen LogP contribution in [-0.2, 0) is 4.74 Å². The first kappa shape index (κ1) is 13.3. The standard InChI is InChI=1S/C14H17N3O2S/c1-19-9-3-2-6-17(8-9)14(18)13-12(15)10-4-5-16-7-11(10)20-13/h4-5,7,9H,2-3,6,8,15H2,1H3. The number of rotatable bonds is 2. The molecule has 6 heteroatoms. The smallest absolute Gasteiger partial charge is 0.266 e. The first-order valence-electron chi connectivity index (χ1n) is 6.64. The number of carbonyl (C=O) groups excluding carboxylic acids is 1. The quantitative estimate of drug-likeness (QED) is 0.920. The van der Waals surface area contributed by atoms with Gasteiger partial charge in [-0.2, -0.15) is 0 Å². The maximum absolute atomic E-state index is 12.6. The molecule has 0 spiro atoms. The van der Waals surface area contributed by atoms with E-state index in [1.54, 1.807) is 19.5 Å². The zero-order valence-electron chi connectivity index (χ0n) is 11.3. The van der Waals surface area contributed by atoms with Crippen LogP contribution in [0.2, 0.25) is 0 Å². The highest BCUT2D eigenvalue weighted by atomic mass is 32.1. The van der Waals surface area contributed by atoms with E-state index < -0.39 is 0 Å². The van der Waals surface area contributed by atoms with E-state index in [0.29, 0.717) is 17.1 Å². The van der Waals surface area contributed by atoms with Gasteiger partial charge in [0.25, 0.3) is 5.91 Å². The molecule has 3 rings (SSSR count). The highest BCUT2D eigenvalue weighted by Crippen LogP contribution is 2.34. The molecule has 0 saturated carbocycles. The molecule has 0 bridgehead atoms. The van der Waals surface area contributed by atoms with Gasteiger partial charge in [-0.15, -0.1) is 11.3 Å². The lowest BCUT2D eigenvalue weighted by molar-refractivity contribution is 0.0272. The molecular formula is C14H17N3O2S. The molecule has 106 valence electrons. The van der Waals surface area contributed by atoms with Crippen molar-refractivity contribution >= 4 is 33.0 Å². The molecule has 0 radical (unpaired) electrons. The predicted octanol–water partition coefficient (Wildman–Crippen LogP) is 2.13. The topological polar surface area (TPSA) is 68.5 Å². The second kappa shape index (κ2) is 5.38. The Labute approximate surface area is 121 Å². The summed E-state index contributed by atoms with van der Waals surface area (Å²) in [6.45, 7) is 1.41. The normalized spacial score (nSPS) is 19.4. The van der Waals surface area contributed by atoms with E-state index in [1.165, 1.54) is 11.3 Å². The fourth-order valence-corrected chi connectivity index (χ4v) is 3.65. The monoisotopic (exact) mass is 291 g/mol. The molecule has 1 saturated heterocycles. The lowest BCUT2D eigenvalue weighted by Crippen LogP contribution is -2.42. The van der Waals surface area contributed by atoms with E-state index in [-0.39, 0.29) is 12.0 Å². The van der Waals surface area contributed by atoms with Gasteiger partial charge in [0.1, 0.15) is 4.88 Å². The van der Waals surface area contributed by atoms with Gasteiger partial charge in [-0.05, 0) is 18.9 Å². The van der Waals surface area contributed by atoms with Gasteiger partial charge < -0.3 is 15.4 Å². The zero-order valence-corrected chi connectivity index (χ0v) is 12.2. The molecule has 0 aromatic carbocycles. The number of likely N-dealkylation sites (tertiary alicyclic amines) is 1. The predicted molar refractivity (Wildman–Crippen MR) is 80.0 cm³/mol. The third-order valence-electron chi connectivity index (χ3n) is 3.72. The largest absolute Gasteiger partial charge is 0.397 e. The number of anilines is 1. The van der Waals surface area contributed by atoms with E-state index in [2.05, 4.69) is 4.98 Å². The number of amides is 1. The van der Waals surface area contributed by atoms with E-state index in [9.17, 15) is 4.79 Å². The number of piperidine rings is 1. The molecule has 1 unspecified atom stereocenters. The van der Waals surface area contributed by atoms with Gasteiger partial charge in [0.05, 0.1) is 16.5 Å². The molecule has 20 heavy (non-hydrogen) atoms. The van der Waals surface area contributed by atoms with Crippen molar-refractivity contribution in [3.8, 4) is 0 Å². The number of hydrogen-bond donors (Lipinski definition) is 1. The number of hydrogen-bond acceptors (Lipinski definition) is 5. The Morgan fingerprint density at radius 3 is 3.20 bits per heavy atom. The minimum absolute atomic E-state index is 0.00505. The molecule has 2 N–H and O–H groups in total. The van der Waals surface area contributed by atoms with Gasteiger partial charge in [-0.3, -0.25) is 9.78 Å². The van der Waals surface area contributed by atoms with Crippen LogP contribution in [0, 0.1) is 0 Å². The Morgan fingerprint density at radius 1 is 1.60 bits per heavy atom. The number of nitrogen functional groups attached to an aromatic ring is 1. The average Bonchev–Trinajstić information content (AvgIpc) is 2.84. The van der Waals surface area contributed by atoms with Gasteiger partial charge in [0.15, 0.2) is 0 Å². The average molecular weight is 291 g/mol. The van der Waals surface area contributed by atoms with Crippen molar-refractivity contribution in [1.82, 2.24) is 9.88 Å². The Bertz CT molecular complexity index is 640. The van der Waals surface area contributed by atoms with Gasteiger partial charge >= 0.3 is 0 Å². The van der Waals surface area contributed by atoms with Crippen LogP contribution in [-0.4, -0.2) is 42.1 Å². The Kier molecular flexibility index (Phi) is 3.58. The summed E-state index contributed by atoms with van der Waals surface area (Å²) in [6, 6.07) is 1.85. The number of aromatic nitrogens is 1. The molecule has 5 nitrogen and oxygen atoms in total. The highest BCUT2D eigenvalue weighted by Gasteiger charge is 2.27. The second-order valence-corrected chi connectivity index (χ2v) is 6.02. The summed E-state index contributed by atoms with van der Waals surface area (Å²) in [5, 5.41) is 0.911. The Balaban J connectivity index is 1.90. The molecule has 0 aliphatic carbocycles. The molecule has 1 atom stereocenters. The number of thiophene rings is 1. The third kappa shape index (κ3) is 2.25. The van der Waals surface area contributed by atoms with Crippen LogP contribution in [0.5, 0.6) is 0 Å². The van der Waals surface area contributed by atoms with Crippen LogP contribution < -0.4 is 5.73 Å². The minimum Gasteiger partial charge on any atom is -0.397 e. The van der Waals surface area contributed by atoms with E-state index in [1.807, 2.05) is 11.0 Å². The summed E-state index contributed by atoms with van der Waals surface area (Å²) in [5.41, 5.74) is 6.68. The summed E-state index contributed by atoms with van der Waals surface area (Å²) in [5.74, 6) is 0.00505. The molecule has 2 aromatic rings. The van der Waals surface area contributed by atoms with Crippen LogP contribution in [0.25, 0.3) is 10.1 Å². The summed E-state index contributed by atoms with van der Waals surface area (Å²) in [6.07, 6.45) is 5.55. The maximum atomic E-state index is 12.6. The van der Waals surface area contributed by atoms with Gasteiger partial charge in [0, 0.05) is 38.0 Å². The second-order valence-electron chi connectivity index (χ2n) is 4.97. The van der Waals surface area contributed by atoms with Crippen LogP contribution in [0.15, 0.2) is 18.5 Å². The van der Waals surface area contributed by atoms with Gasteiger partial charge in [-0.1, -0.05) is 0 Å². The van der Waals surface area contributed by atoms with Crippen molar-refractivity contribution in [2.24, 2.45) is 0 Å². The van der Waals surface area contributed by atoms with Crippen molar-refractivity contribution in [2.75, 3.05) is 25.9 Å². The van der Waals surface area contributed by atoms with Gasteiger partial charge in [0.2, 0.25) is 0 Å². The van der Waals surface area contributed by atoms with Crippen LogP contribution in [0.4, 0.5) is 5.69 Å². The zero-order chi connectivity index (χ0) is 14.1. The fourth-order valence-electron chi connectivity index (χ4n) is 2.59. The van der Waals surface area contributed by atoms with E-state index in [4.69, 9.17) is 10.5 Å². The first-order chi connectivity index (χ1) is 9.70. The van der Waals surface area contributed by atoms with E-state index >= 15 is 0 Å². The Hall–Kier alpha value is -1.66. The molecule has 1 aliphatic heterocycles.